The van der Waals surface area contributed by atoms with Gasteiger partial charge in [-0.25, -0.2) is 10.1 Å². The van der Waals surface area contributed by atoms with E-state index in [1.807, 2.05) is 13.1 Å². The van der Waals surface area contributed by atoms with Crippen LogP contribution in [0.1, 0.15) is 50.7 Å². The summed E-state index contributed by atoms with van der Waals surface area (Å²) in [5, 5.41) is 14.3. The maximum Gasteiger partial charge on any atom is 0.423 e. The summed E-state index contributed by atoms with van der Waals surface area (Å²) in [6.45, 7) is 8.61. The largest absolute Gasteiger partial charge is 0.455 e. The lowest BCUT2D eigenvalue weighted by molar-refractivity contribution is -0.658. The highest BCUT2D eigenvalue weighted by atomic mass is 32.2. The van der Waals surface area contributed by atoms with Gasteiger partial charge in [0.1, 0.15) is 18.2 Å². The van der Waals surface area contributed by atoms with Gasteiger partial charge in [0.2, 0.25) is 5.52 Å². The predicted molar refractivity (Wildman–Crippen MR) is 151 cm³/mol. The van der Waals surface area contributed by atoms with Crippen LogP contribution in [0.5, 0.6) is 0 Å². The molecule has 0 amide bonds. The fraction of sp³-hybridized carbons (Fsp3) is 0.448. The van der Waals surface area contributed by atoms with Gasteiger partial charge >= 0.3 is 5.56 Å². The number of pyridine rings is 1. The lowest BCUT2D eigenvalue weighted by atomic mass is 9.80. The summed E-state index contributed by atoms with van der Waals surface area (Å²) in [6, 6.07) is 10.6. The van der Waals surface area contributed by atoms with Crippen LogP contribution < -0.4 is 19.9 Å². The second-order valence-electron chi connectivity index (χ2n) is 11.2. The molecule has 4 heterocycles. The number of nitrogens with zero attached hydrogens (tertiary/aromatic N) is 3. The van der Waals surface area contributed by atoms with E-state index in [-0.39, 0.29) is 17.0 Å². The van der Waals surface area contributed by atoms with Crippen molar-refractivity contribution in [2.75, 3.05) is 35.7 Å². The molecule has 8 nitrogen and oxygen atoms in total. The molecule has 0 saturated heterocycles. The number of anilines is 2. The number of hydrogen-bond donors (Lipinski definition) is 1. The van der Waals surface area contributed by atoms with Gasteiger partial charge in [-0.2, -0.15) is 4.57 Å². The van der Waals surface area contributed by atoms with Crippen LogP contribution in [0.15, 0.2) is 39.5 Å². The summed E-state index contributed by atoms with van der Waals surface area (Å²) in [6.07, 6.45) is 3.05. The third kappa shape index (κ3) is 3.95. The Morgan fingerprint density at radius 2 is 2.03 bits per heavy atom. The highest BCUT2D eigenvalue weighted by Crippen LogP contribution is 2.46. The number of benzene rings is 2. The van der Waals surface area contributed by atoms with E-state index in [0.717, 1.165) is 77.5 Å². The molecule has 0 spiro atoms. The Hall–Kier alpha value is -2.85. The third-order valence-corrected chi connectivity index (χ3v) is 9.35. The van der Waals surface area contributed by atoms with Gasteiger partial charge in [0.15, 0.2) is 5.76 Å². The summed E-state index contributed by atoms with van der Waals surface area (Å²) < 4.78 is 13.1. The molecular formula is C29H34N3O5S+. The highest BCUT2D eigenvalue weighted by Gasteiger charge is 2.37. The molecule has 2 aromatic rings. The number of fused-ring (bicyclic) bond motifs is 6. The van der Waals surface area contributed by atoms with Crippen molar-refractivity contribution >= 4 is 45.3 Å². The first-order valence-electron chi connectivity index (χ1n) is 13.2. The first kappa shape index (κ1) is 25.4. The molecule has 0 aliphatic carbocycles. The normalized spacial score (nSPS) is 18.8. The van der Waals surface area contributed by atoms with Crippen LogP contribution in [-0.4, -0.2) is 36.7 Å². The molecule has 1 atom stereocenters. The van der Waals surface area contributed by atoms with Crippen molar-refractivity contribution in [1.29, 1.82) is 0 Å². The average Bonchev–Trinajstić information content (AvgIpc) is 2.91. The molecule has 0 saturated carbocycles. The second kappa shape index (κ2) is 9.41. The van der Waals surface area contributed by atoms with Crippen molar-refractivity contribution in [3.05, 3.63) is 51.8 Å². The van der Waals surface area contributed by atoms with Crippen molar-refractivity contribution in [3.8, 4) is 11.3 Å². The van der Waals surface area contributed by atoms with Gasteiger partial charge in [0.25, 0.3) is 0 Å². The molecule has 2 aromatic carbocycles. The van der Waals surface area contributed by atoms with Crippen LogP contribution in [0.3, 0.4) is 0 Å². The minimum Gasteiger partial charge on any atom is -0.455 e. The van der Waals surface area contributed by atoms with Gasteiger partial charge in [-0.15, -0.1) is 4.33 Å². The highest BCUT2D eigenvalue weighted by molar-refractivity contribution is 7.94. The zero-order valence-electron chi connectivity index (χ0n) is 22.5. The van der Waals surface area contributed by atoms with Gasteiger partial charge < -0.3 is 14.2 Å². The quantitative estimate of drug-likeness (QED) is 0.0689. The van der Waals surface area contributed by atoms with Crippen LogP contribution in [0.25, 0.3) is 33.2 Å². The Bertz CT molecular complexity index is 1580. The molecule has 0 fully saturated rings. The van der Waals surface area contributed by atoms with E-state index < -0.39 is 0 Å². The summed E-state index contributed by atoms with van der Waals surface area (Å²) >= 11 is 1.08. The summed E-state index contributed by atoms with van der Waals surface area (Å²) in [5.41, 5.74) is 6.87. The molecule has 0 bridgehead atoms. The van der Waals surface area contributed by atoms with Crippen molar-refractivity contribution in [3.63, 3.8) is 0 Å². The van der Waals surface area contributed by atoms with Crippen molar-refractivity contribution in [2.24, 2.45) is 7.05 Å². The summed E-state index contributed by atoms with van der Waals surface area (Å²) in [4.78, 5) is 18.3. The number of aryl methyl sites for hydroxylation is 2. The number of hydrogen-bond acceptors (Lipinski definition) is 8. The molecule has 9 heteroatoms. The predicted octanol–water partition coefficient (Wildman–Crippen LogP) is 5.42. The van der Waals surface area contributed by atoms with E-state index in [1.165, 1.54) is 11.3 Å². The minimum atomic E-state index is -0.0876. The third-order valence-electron chi connectivity index (χ3n) is 8.65. The van der Waals surface area contributed by atoms with Crippen molar-refractivity contribution in [1.82, 2.24) is 0 Å². The van der Waals surface area contributed by atoms with E-state index in [1.54, 1.807) is 4.57 Å². The van der Waals surface area contributed by atoms with Crippen LogP contribution in [-0.2, 0) is 22.8 Å². The molecule has 1 unspecified atom stereocenters. The van der Waals surface area contributed by atoms with Crippen molar-refractivity contribution in [2.45, 2.75) is 51.5 Å². The Morgan fingerprint density at radius 3 is 2.79 bits per heavy atom. The number of rotatable bonds is 5. The van der Waals surface area contributed by atoms with Crippen LogP contribution >= 0.6 is 12.0 Å². The summed E-state index contributed by atoms with van der Waals surface area (Å²) in [7, 11) is 3.96. The van der Waals surface area contributed by atoms with Crippen LogP contribution in [0.2, 0.25) is 0 Å². The average molecular weight is 537 g/mol. The fourth-order valence-electron chi connectivity index (χ4n) is 6.40. The van der Waals surface area contributed by atoms with E-state index in [9.17, 15) is 4.79 Å². The van der Waals surface area contributed by atoms with Crippen LogP contribution in [0.4, 0.5) is 11.4 Å². The van der Waals surface area contributed by atoms with E-state index in [0.29, 0.717) is 17.1 Å². The molecule has 4 aliphatic heterocycles. The molecule has 200 valence electrons. The molecule has 6 rings (SSSR count). The Balaban J connectivity index is 1.59. The smallest absolute Gasteiger partial charge is 0.423 e. The van der Waals surface area contributed by atoms with E-state index in [4.69, 9.17) is 14.0 Å². The van der Waals surface area contributed by atoms with Gasteiger partial charge in [0.05, 0.1) is 5.39 Å². The summed E-state index contributed by atoms with van der Waals surface area (Å²) in [5.74, 6) is 1.43. The zero-order chi connectivity index (χ0) is 26.8. The number of aromatic nitrogens is 1. The van der Waals surface area contributed by atoms with Gasteiger partial charge in [-0.3, -0.25) is 0 Å². The molecule has 38 heavy (non-hydrogen) atoms. The molecular weight excluding hydrogens is 502 g/mol. The van der Waals surface area contributed by atoms with E-state index >= 15 is 0 Å². The lowest BCUT2D eigenvalue weighted by Crippen LogP contribution is -2.48. The first-order chi connectivity index (χ1) is 18.2. The van der Waals surface area contributed by atoms with Crippen molar-refractivity contribution < 1.29 is 23.6 Å². The molecule has 0 aromatic heterocycles. The van der Waals surface area contributed by atoms with Gasteiger partial charge in [-0.05, 0) is 75.3 Å². The second-order valence-corrected chi connectivity index (χ2v) is 11.9. The first-order valence-corrected chi connectivity index (χ1v) is 14.1. The lowest BCUT2D eigenvalue weighted by Gasteiger charge is -2.46. The zero-order valence-corrected chi connectivity index (χ0v) is 23.4. The molecule has 0 radical (unpaired) electrons. The maximum absolute atomic E-state index is 13.6. The molecule has 1 N–H and O–H groups in total. The standard InChI is InChI=1S/C29H33N3O5S/c1-6-32-9-7-8-17-10-21-24(13-23(17)32)30(4)28(33)22-12-18-11-20-19(16-38-37-36-34)15-29(2,3)31(5)25(20)14-26(18)35-27(21)22/h10-14,19H,6-9,15-16H2,1-5H3/p+1. The fourth-order valence-corrected chi connectivity index (χ4v) is 6.96. The Labute approximate surface area is 226 Å². The topological polar surface area (TPSA) is 79.3 Å². The molecule has 4 aliphatic rings. The minimum absolute atomic E-state index is 0.0615. The SMILES string of the molecule is CCN1CCCc2cc3c4oc5cc6c(cc5cc-4c(=O)[n+](C)c3cc21)C(CSOOO)CC(C)(C)N6C. The maximum atomic E-state index is 13.6. The monoisotopic (exact) mass is 536 g/mol. The Kier molecular flexibility index (Phi) is 6.30. The Morgan fingerprint density at radius 1 is 1.21 bits per heavy atom. The van der Waals surface area contributed by atoms with E-state index in [2.05, 4.69) is 66.9 Å². The van der Waals surface area contributed by atoms with Gasteiger partial charge in [-0.1, -0.05) is 5.04 Å². The van der Waals surface area contributed by atoms with Gasteiger partial charge in [0, 0.05) is 72.4 Å². The van der Waals surface area contributed by atoms with Crippen LogP contribution in [0, 0.1) is 0 Å².